The van der Waals surface area contributed by atoms with Gasteiger partial charge in [-0.3, -0.25) is 10.1 Å². The van der Waals surface area contributed by atoms with Gasteiger partial charge in [-0.05, 0) is 42.0 Å². The molecule has 0 aliphatic heterocycles. The number of benzene rings is 3. The van der Waals surface area contributed by atoms with E-state index in [0.29, 0.717) is 23.1 Å². The zero-order valence-corrected chi connectivity index (χ0v) is 15.6. The Hall–Kier alpha value is -3.18. The summed E-state index contributed by atoms with van der Waals surface area (Å²) >= 11 is 1.41. The molecule has 0 unspecified atom stereocenters. The van der Waals surface area contributed by atoms with Gasteiger partial charge in [0.2, 0.25) is 0 Å². The highest BCUT2D eigenvalue weighted by Crippen LogP contribution is 2.28. The summed E-state index contributed by atoms with van der Waals surface area (Å²) in [4.78, 5) is 17.1. The van der Waals surface area contributed by atoms with Crippen LogP contribution in [0.25, 0.3) is 22.0 Å². The minimum Gasteiger partial charge on any atom is -0.494 e. The SMILES string of the molecule is CCOc1cccc(C(=O)Nc2nc(-c3ccc4ccccc4c3)cs2)c1. The van der Waals surface area contributed by atoms with Crippen LogP contribution >= 0.6 is 11.3 Å². The van der Waals surface area contributed by atoms with Crippen LogP contribution in [0.4, 0.5) is 5.13 Å². The maximum Gasteiger partial charge on any atom is 0.257 e. The number of aromatic nitrogens is 1. The summed E-state index contributed by atoms with van der Waals surface area (Å²) in [6.45, 7) is 2.48. The molecule has 0 spiro atoms. The first-order valence-corrected chi connectivity index (χ1v) is 9.60. The Kier molecular flexibility index (Phi) is 4.85. The summed E-state index contributed by atoms with van der Waals surface area (Å²) in [5.74, 6) is 0.483. The lowest BCUT2D eigenvalue weighted by Crippen LogP contribution is -2.11. The number of anilines is 1. The van der Waals surface area contributed by atoms with Crippen LogP contribution < -0.4 is 10.1 Å². The molecule has 1 aromatic heterocycles. The summed E-state index contributed by atoms with van der Waals surface area (Å²) in [5.41, 5.74) is 2.43. The molecule has 0 saturated heterocycles. The molecule has 4 nitrogen and oxygen atoms in total. The number of fused-ring (bicyclic) bond motifs is 1. The second-order valence-corrected chi connectivity index (χ2v) is 6.87. The smallest absolute Gasteiger partial charge is 0.257 e. The number of hydrogen-bond donors (Lipinski definition) is 1. The van der Waals surface area contributed by atoms with Crippen molar-refractivity contribution in [2.75, 3.05) is 11.9 Å². The third-order valence-corrected chi connectivity index (χ3v) is 4.93. The van der Waals surface area contributed by atoms with Crippen LogP contribution in [0.2, 0.25) is 0 Å². The Morgan fingerprint density at radius 1 is 1.04 bits per heavy atom. The second kappa shape index (κ2) is 7.60. The monoisotopic (exact) mass is 374 g/mol. The van der Waals surface area contributed by atoms with E-state index in [1.165, 1.54) is 22.1 Å². The Morgan fingerprint density at radius 3 is 2.74 bits per heavy atom. The molecule has 1 amide bonds. The van der Waals surface area contributed by atoms with Gasteiger partial charge in [-0.15, -0.1) is 11.3 Å². The van der Waals surface area contributed by atoms with Gasteiger partial charge in [-0.1, -0.05) is 42.5 Å². The molecule has 4 rings (SSSR count). The first-order chi connectivity index (χ1) is 13.2. The molecule has 5 heteroatoms. The number of rotatable bonds is 5. The van der Waals surface area contributed by atoms with E-state index in [0.717, 1.165) is 11.3 Å². The summed E-state index contributed by atoms with van der Waals surface area (Å²) < 4.78 is 5.45. The fraction of sp³-hybridized carbons (Fsp3) is 0.0909. The van der Waals surface area contributed by atoms with E-state index in [-0.39, 0.29) is 5.91 Å². The van der Waals surface area contributed by atoms with Crippen molar-refractivity contribution < 1.29 is 9.53 Å². The predicted molar refractivity (Wildman–Crippen MR) is 111 cm³/mol. The molecule has 134 valence electrons. The Labute approximate surface area is 161 Å². The third kappa shape index (κ3) is 3.83. The fourth-order valence-electron chi connectivity index (χ4n) is 2.88. The number of amides is 1. The van der Waals surface area contributed by atoms with E-state index >= 15 is 0 Å². The van der Waals surface area contributed by atoms with Crippen molar-refractivity contribution >= 4 is 33.1 Å². The molecule has 3 aromatic carbocycles. The maximum absolute atomic E-state index is 12.5. The third-order valence-electron chi connectivity index (χ3n) is 4.18. The van der Waals surface area contributed by atoms with E-state index in [9.17, 15) is 4.79 Å². The van der Waals surface area contributed by atoms with Gasteiger partial charge < -0.3 is 4.74 Å². The van der Waals surface area contributed by atoms with Crippen LogP contribution in [0, 0.1) is 0 Å². The highest BCUT2D eigenvalue weighted by molar-refractivity contribution is 7.14. The molecule has 0 atom stereocenters. The number of thiazole rings is 1. The van der Waals surface area contributed by atoms with E-state index in [1.54, 1.807) is 12.1 Å². The van der Waals surface area contributed by atoms with E-state index in [1.807, 2.05) is 36.6 Å². The van der Waals surface area contributed by atoms with Gasteiger partial charge in [0.05, 0.1) is 12.3 Å². The molecule has 1 N–H and O–H groups in total. The van der Waals surface area contributed by atoms with Crippen molar-refractivity contribution in [2.24, 2.45) is 0 Å². The molecule has 0 bridgehead atoms. The molecule has 0 aliphatic rings. The zero-order chi connectivity index (χ0) is 18.6. The van der Waals surface area contributed by atoms with Gasteiger partial charge in [0.15, 0.2) is 5.13 Å². The van der Waals surface area contributed by atoms with Crippen LogP contribution in [0.1, 0.15) is 17.3 Å². The normalized spacial score (nSPS) is 10.7. The van der Waals surface area contributed by atoms with E-state index in [2.05, 4.69) is 40.6 Å². The van der Waals surface area contributed by atoms with Crippen molar-refractivity contribution in [3.63, 3.8) is 0 Å². The van der Waals surface area contributed by atoms with Crippen molar-refractivity contribution in [2.45, 2.75) is 6.92 Å². The van der Waals surface area contributed by atoms with Gasteiger partial charge in [0.25, 0.3) is 5.91 Å². The van der Waals surface area contributed by atoms with E-state index in [4.69, 9.17) is 4.74 Å². The quantitative estimate of drug-likeness (QED) is 0.494. The highest BCUT2D eigenvalue weighted by atomic mass is 32.1. The molecule has 1 heterocycles. The average Bonchev–Trinajstić information content (AvgIpc) is 3.16. The van der Waals surface area contributed by atoms with Crippen LogP contribution in [0.3, 0.4) is 0 Å². The lowest BCUT2D eigenvalue weighted by molar-refractivity contribution is 0.102. The number of carbonyl (C=O) groups excluding carboxylic acids is 1. The lowest BCUT2D eigenvalue weighted by atomic mass is 10.1. The highest BCUT2D eigenvalue weighted by Gasteiger charge is 2.11. The minimum atomic E-state index is -0.198. The fourth-order valence-corrected chi connectivity index (χ4v) is 3.59. The van der Waals surface area contributed by atoms with Gasteiger partial charge in [-0.2, -0.15) is 0 Å². The number of nitrogens with zero attached hydrogens (tertiary/aromatic N) is 1. The van der Waals surface area contributed by atoms with E-state index < -0.39 is 0 Å². The maximum atomic E-state index is 12.5. The summed E-state index contributed by atoms with van der Waals surface area (Å²) in [7, 11) is 0. The van der Waals surface area contributed by atoms with Crippen LogP contribution in [0.15, 0.2) is 72.1 Å². The summed E-state index contributed by atoms with van der Waals surface area (Å²) in [6.07, 6.45) is 0. The molecule has 0 saturated carbocycles. The second-order valence-electron chi connectivity index (χ2n) is 6.01. The Balaban J connectivity index is 1.53. The summed E-state index contributed by atoms with van der Waals surface area (Å²) in [5, 5.41) is 7.76. The number of hydrogen-bond acceptors (Lipinski definition) is 4. The standard InChI is InChI=1S/C22H18N2O2S/c1-2-26-19-9-5-8-18(13-19)21(25)24-22-23-20(14-27-22)17-11-10-15-6-3-4-7-16(15)12-17/h3-14H,2H2,1H3,(H,23,24,25). The first kappa shape index (κ1) is 17.2. The minimum absolute atomic E-state index is 0.198. The van der Waals surface area contributed by atoms with Gasteiger partial charge >= 0.3 is 0 Å². The molecular weight excluding hydrogens is 356 g/mol. The topological polar surface area (TPSA) is 51.2 Å². The predicted octanol–water partition coefficient (Wildman–Crippen LogP) is 5.61. The summed E-state index contributed by atoms with van der Waals surface area (Å²) in [6, 6.07) is 21.6. The molecular formula is C22H18N2O2S. The lowest BCUT2D eigenvalue weighted by Gasteiger charge is -2.05. The molecule has 27 heavy (non-hydrogen) atoms. The molecule has 4 aromatic rings. The van der Waals surface area contributed by atoms with Gasteiger partial charge in [0.1, 0.15) is 5.75 Å². The number of nitrogens with one attached hydrogen (secondary N) is 1. The Bertz CT molecular complexity index is 1100. The number of ether oxygens (including phenoxy) is 1. The number of carbonyl (C=O) groups is 1. The molecule has 0 radical (unpaired) electrons. The largest absolute Gasteiger partial charge is 0.494 e. The average molecular weight is 374 g/mol. The van der Waals surface area contributed by atoms with Crippen molar-refractivity contribution in [1.82, 2.24) is 4.98 Å². The van der Waals surface area contributed by atoms with Crippen molar-refractivity contribution in [3.8, 4) is 17.0 Å². The van der Waals surface area contributed by atoms with Gasteiger partial charge in [0, 0.05) is 16.5 Å². The van der Waals surface area contributed by atoms with Crippen LogP contribution in [-0.2, 0) is 0 Å². The van der Waals surface area contributed by atoms with Crippen LogP contribution in [0.5, 0.6) is 5.75 Å². The molecule has 0 fully saturated rings. The van der Waals surface area contributed by atoms with Crippen molar-refractivity contribution in [1.29, 1.82) is 0 Å². The van der Waals surface area contributed by atoms with Crippen LogP contribution in [-0.4, -0.2) is 17.5 Å². The van der Waals surface area contributed by atoms with Crippen molar-refractivity contribution in [3.05, 3.63) is 77.7 Å². The van der Waals surface area contributed by atoms with Gasteiger partial charge in [-0.25, -0.2) is 4.98 Å². The Morgan fingerprint density at radius 2 is 1.89 bits per heavy atom. The molecule has 0 aliphatic carbocycles. The zero-order valence-electron chi connectivity index (χ0n) is 14.8. The first-order valence-electron chi connectivity index (χ1n) is 8.72.